The first-order valence-electron chi connectivity index (χ1n) is 20.9. The molecule has 1 aromatic rings. The number of ketones is 1. The van der Waals surface area contributed by atoms with Crippen molar-refractivity contribution in [1.82, 2.24) is 10.3 Å². The Bertz CT molecular complexity index is 1940. The lowest BCUT2D eigenvalue weighted by Crippen LogP contribution is -2.58. The van der Waals surface area contributed by atoms with Crippen molar-refractivity contribution in [1.29, 1.82) is 0 Å². The Kier molecular flexibility index (Phi) is 12.2. The maximum Gasteiger partial charge on any atom is 0.346 e. The number of carboxylic acids is 1. The molecule has 3 fully saturated rings. The molecule has 2 saturated heterocycles. The van der Waals surface area contributed by atoms with Gasteiger partial charge in [0.1, 0.15) is 17.0 Å². The molecule has 2 bridgehead atoms. The highest BCUT2D eigenvalue weighted by Crippen LogP contribution is 2.61. The molecule has 0 radical (unpaired) electrons. The van der Waals surface area contributed by atoms with E-state index in [4.69, 9.17) is 14.2 Å². The van der Waals surface area contributed by atoms with Gasteiger partial charge in [-0.05, 0) is 114 Å². The maximum atomic E-state index is 15.1. The number of aromatic nitrogens is 1. The number of Topliss-reactive ketones (excluding diaryl/α,β-unsaturated/α-hetero) is 1. The number of allylic oxidation sites excluding steroid dienone is 3. The Morgan fingerprint density at radius 3 is 2.52 bits per heavy atom. The molecule has 1 amide bonds. The predicted octanol–water partition coefficient (Wildman–Crippen LogP) is 8.02. The summed E-state index contributed by atoms with van der Waals surface area (Å²) in [5.41, 5.74) is -3.75. The van der Waals surface area contributed by atoms with E-state index in [1.807, 2.05) is 26.0 Å². The van der Waals surface area contributed by atoms with Gasteiger partial charge in [-0.2, -0.15) is 0 Å². The van der Waals surface area contributed by atoms with Gasteiger partial charge in [-0.1, -0.05) is 57.6 Å². The summed E-state index contributed by atoms with van der Waals surface area (Å²) < 4.78 is 20.7. The molecule has 14 heteroatoms. The van der Waals surface area contributed by atoms with E-state index >= 15 is 4.79 Å². The highest BCUT2D eigenvalue weighted by molar-refractivity contribution is 9.13. The molecule has 0 aromatic carbocycles. The normalized spacial score (nSPS) is 40.8. The molecule has 4 aliphatic carbocycles. The minimum absolute atomic E-state index is 0.00323. The van der Waals surface area contributed by atoms with E-state index in [9.17, 15) is 29.7 Å². The molecule has 6 aliphatic rings. The standard InChI is InChI=1S/C44H56Br2N2O10/c1-6-24-19-44-38(51)32(41(55)58-44)37(50)43(7-2)25(12-10-8-9-11-17-42(44,5)20-27(24)40(53)54)14-15-26-28(43)16-13-22(3)36(26)57-31-18-30(49)34(23(4)56-31)48-39(52)35-33(46)29(45)21-47-35/h11,14-15,17,20-26,28,30-31,34,36,47,49-50H,6-10,12-13,16,18-19H2,1-5H3,(H,48,52)(H,53,54)/b17-11+,37-32?/t22-,23+,24-,25+,26-,28-,30+,31-,34+,36-,42-,43+,44+/m0/s1. The zero-order valence-electron chi connectivity index (χ0n) is 33.8. The van der Waals surface area contributed by atoms with Crippen LogP contribution in [0.1, 0.15) is 109 Å². The summed E-state index contributed by atoms with van der Waals surface area (Å²) >= 11 is 6.79. The zero-order chi connectivity index (χ0) is 41.9. The first-order chi connectivity index (χ1) is 27.5. The molecule has 1 saturated carbocycles. The van der Waals surface area contributed by atoms with Crippen LogP contribution in [0.4, 0.5) is 0 Å². The molecule has 58 heavy (non-hydrogen) atoms. The van der Waals surface area contributed by atoms with Gasteiger partial charge in [0.2, 0.25) is 5.78 Å². The van der Waals surface area contributed by atoms with Crippen LogP contribution < -0.4 is 5.32 Å². The highest BCUT2D eigenvalue weighted by Gasteiger charge is 2.67. The predicted molar refractivity (Wildman–Crippen MR) is 221 cm³/mol. The van der Waals surface area contributed by atoms with Crippen LogP contribution in [-0.4, -0.2) is 80.2 Å². The Labute approximate surface area is 356 Å². The van der Waals surface area contributed by atoms with Gasteiger partial charge in [0.25, 0.3) is 5.91 Å². The van der Waals surface area contributed by atoms with Crippen LogP contribution >= 0.6 is 31.9 Å². The number of aliphatic hydroxyl groups excluding tert-OH is 2. The molecule has 0 unspecified atom stereocenters. The van der Waals surface area contributed by atoms with Crippen LogP contribution in [0.5, 0.6) is 0 Å². The van der Waals surface area contributed by atoms with Crippen molar-refractivity contribution in [2.24, 2.45) is 40.4 Å². The molecule has 13 atom stereocenters. The molecule has 2 aliphatic heterocycles. The van der Waals surface area contributed by atoms with Crippen molar-refractivity contribution in [2.45, 2.75) is 135 Å². The Morgan fingerprint density at radius 1 is 1.10 bits per heavy atom. The number of esters is 1. The molecule has 7 rings (SSSR count). The number of hydrogen-bond acceptors (Lipinski definition) is 9. The lowest BCUT2D eigenvalue weighted by atomic mass is 9.50. The smallest absolute Gasteiger partial charge is 0.346 e. The number of carbonyl (C=O) groups excluding carboxylic acids is 3. The third-order valence-corrected chi connectivity index (χ3v) is 16.5. The molecular formula is C44H56Br2N2O10. The fourth-order valence-electron chi connectivity index (χ4n) is 11.3. The van der Waals surface area contributed by atoms with Crippen LogP contribution in [0.2, 0.25) is 0 Å². The molecule has 1 aromatic heterocycles. The van der Waals surface area contributed by atoms with Gasteiger partial charge in [-0.25, -0.2) is 9.59 Å². The summed E-state index contributed by atoms with van der Waals surface area (Å²) in [4.78, 5) is 57.8. The zero-order valence-corrected chi connectivity index (χ0v) is 36.9. The largest absolute Gasteiger partial charge is 0.511 e. The van der Waals surface area contributed by atoms with Crippen molar-refractivity contribution in [3.8, 4) is 0 Å². The van der Waals surface area contributed by atoms with Gasteiger partial charge in [-0.3, -0.25) is 9.59 Å². The Hall–Kier alpha value is -3.04. The number of hydrogen-bond donors (Lipinski definition) is 5. The van der Waals surface area contributed by atoms with Gasteiger partial charge >= 0.3 is 11.9 Å². The summed E-state index contributed by atoms with van der Waals surface area (Å²) in [7, 11) is 0. The number of H-pyrrole nitrogens is 1. The van der Waals surface area contributed by atoms with E-state index < -0.39 is 64.6 Å². The molecule has 1 spiro atoms. The van der Waals surface area contributed by atoms with E-state index in [0.717, 1.165) is 32.1 Å². The number of rotatable bonds is 7. The van der Waals surface area contributed by atoms with E-state index in [2.05, 4.69) is 61.2 Å². The number of halogens is 2. The van der Waals surface area contributed by atoms with Crippen molar-refractivity contribution in [3.05, 3.63) is 68.1 Å². The summed E-state index contributed by atoms with van der Waals surface area (Å²) in [6.45, 7) is 9.55. The van der Waals surface area contributed by atoms with Crippen LogP contribution in [0.3, 0.4) is 0 Å². The van der Waals surface area contributed by atoms with Gasteiger partial charge in [0.15, 0.2) is 11.9 Å². The van der Waals surface area contributed by atoms with Gasteiger partial charge in [-0.15, -0.1) is 0 Å². The van der Waals surface area contributed by atoms with Crippen LogP contribution in [0, 0.1) is 40.4 Å². The first-order valence-corrected chi connectivity index (χ1v) is 22.5. The van der Waals surface area contributed by atoms with E-state index in [0.29, 0.717) is 33.9 Å². The van der Waals surface area contributed by atoms with Crippen molar-refractivity contribution in [2.75, 3.05) is 0 Å². The van der Waals surface area contributed by atoms with Crippen LogP contribution in [-0.2, 0) is 28.6 Å². The number of carboxylic acid groups (broad SMARTS) is 1. The number of fused-ring (bicyclic) bond motifs is 4. The second-order valence-corrected chi connectivity index (χ2v) is 19.2. The average molecular weight is 933 g/mol. The van der Waals surface area contributed by atoms with Crippen LogP contribution in [0.25, 0.3) is 0 Å². The summed E-state index contributed by atoms with van der Waals surface area (Å²) in [6.07, 6.45) is 14.3. The first kappa shape index (κ1) is 43.1. The average Bonchev–Trinajstić information content (AvgIpc) is 3.65. The molecule has 12 nitrogen and oxygen atoms in total. The van der Waals surface area contributed by atoms with Crippen molar-refractivity contribution >= 4 is 55.5 Å². The highest BCUT2D eigenvalue weighted by atomic mass is 79.9. The maximum absolute atomic E-state index is 15.1. The van der Waals surface area contributed by atoms with Crippen molar-refractivity contribution in [3.63, 3.8) is 0 Å². The molecule has 316 valence electrons. The number of nitrogens with one attached hydrogen (secondary N) is 2. The minimum Gasteiger partial charge on any atom is -0.511 e. The summed E-state index contributed by atoms with van der Waals surface area (Å²) in [5.74, 6) is -4.20. The second kappa shape index (κ2) is 16.4. The van der Waals surface area contributed by atoms with Gasteiger partial charge in [0.05, 0.1) is 38.7 Å². The number of amides is 1. The Morgan fingerprint density at radius 2 is 1.86 bits per heavy atom. The van der Waals surface area contributed by atoms with Gasteiger partial charge < -0.3 is 39.8 Å². The fourth-order valence-corrected chi connectivity index (χ4v) is 12.0. The molecule has 3 heterocycles. The lowest BCUT2D eigenvalue weighted by Gasteiger charge is -2.55. The quantitative estimate of drug-likeness (QED) is 0.102. The third-order valence-electron chi connectivity index (χ3n) is 14.5. The van der Waals surface area contributed by atoms with Crippen LogP contribution in [0.15, 0.2) is 62.4 Å². The minimum atomic E-state index is -1.71. The van der Waals surface area contributed by atoms with Crippen molar-refractivity contribution < 1.29 is 48.7 Å². The summed E-state index contributed by atoms with van der Waals surface area (Å²) in [6, 6.07) is -0.687. The van der Waals surface area contributed by atoms with E-state index in [1.54, 1.807) is 26.1 Å². The number of aliphatic carboxylic acids is 1. The van der Waals surface area contributed by atoms with Gasteiger partial charge in [0, 0.05) is 35.9 Å². The number of aromatic amines is 1. The topological polar surface area (TPSA) is 184 Å². The van der Waals surface area contributed by atoms with E-state index in [1.165, 1.54) is 0 Å². The number of aliphatic hydroxyl groups is 2. The summed E-state index contributed by atoms with van der Waals surface area (Å²) in [5, 5.41) is 37.3. The third kappa shape index (κ3) is 7.00. The second-order valence-electron chi connectivity index (χ2n) is 17.6. The van der Waals surface area contributed by atoms with E-state index in [-0.39, 0.29) is 65.4 Å². The Balaban J connectivity index is 1.21. The lowest BCUT2D eigenvalue weighted by molar-refractivity contribution is -0.258. The SMILES string of the molecule is CC[C@H]1C[C@]23OC(=O)C(=C(O)[C@]4(CC)[C@@H](C=C[C@@H]5[C@@H](O[C@H]6C[C@@H](O)[C@H](NC(=O)c7[nH]cc(Br)c7Br)[C@@H](C)O6)[C@@H](C)CC[C@@H]54)CCCC/C=C/[C@@]2(C)C=C1C(=O)O)C3=O. The monoisotopic (exact) mass is 930 g/mol. The molecule has 5 N–H and O–H groups in total. The molecular weight excluding hydrogens is 876 g/mol. The fraction of sp³-hybridized carbons (Fsp3) is 0.636. The number of ether oxygens (including phenoxy) is 3. The number of carbonyl (C=O) groups is 4.